The summed E-state index contributed by atoms with van der Waals surface area (Å²) in [6, 6.07) is 14.4. The van der Waals surface area contributed by atoms with Crippen LogP contribution in [0.25, 0.3) is 10.9 Å². The number of ether oxygens (including phenoxy) is 2. The molecule has 2 aliphatic heterocycles. The molecule has 1 aliphatic carbocycles. The number of sulfone groups is 1. The molecule has 1 aromatic heterocycles. The first-order chi connectivity index (χ1) is 20.8. The Morgan fingerprint density at radius 1 is 1.05 bits per heavy atom. The summed E-state index contributed by atoms with van der Waals surface area (Å²) in [5, 5.41) is 12.0. The zero-order valence-corrected chi connectivity index (χ0v) is 26.2. The molecule has 6 rings (SSSR count). The number of esters is 1. The van der Waals surface area contributed by atoms with Crippen molar-refractivity contribution in [2.45, 2.75) is 68.2 Å². The quantitative estimate of drug-likeness (QED) is 0.400. The van der Waals surface area contributed by atoms with Crippen LogP contribution in [-0.4, -0.2) is 65.0 Å². The third kappa shape index (κ3) is 4.12. The average Bonchev–Trinajstić information content (AvgIpc) is 3.31. The lowest BCUT2D eigenvalue weighted by molar-refractivity contribution is -0.147. The Kier molecular flexibility index (Phi) is 6.95. The molecule has 232 valence electrons. The minimum Gasteiger partial charge on any atom is -0.512 e. The van der Waals surface area contributed by atoms with E-state index in [1.54, 1.807) is 50.8 Å². The summed E-state index contributed by atoms with van der Waals surface area (Å²) in [5.74, 6) is -3.97. The first-order valence-corrected chi connectivity index (χ1v) is 16.2. The number of benzene rings is 2. The van der Waals surface area contributed by atoms with Gasteiger partial charge < -0.3 is 19.5 Å². The number of para-hydroxylation sites is 1. The zero-order valence-electron chi connectivity index (χ0n) is 25.4. The molecule has 3 aromatic rings. The Morgan fingerprint density at radius 2 is 1.70 bits per heavy atom. The van der Waals surface area contributed by atoms with Gasteiger partial charge >= 0.3 is 12.1 Å². The van der Waals surface area contributed by atoms with Gasteiger partial charge in [-0.15, -0.1) is 0 Å². The molecule has 1 saturated heterocycles. The van der Waals surface area contributed by atoms with Gasteiger partial charge in [-0.05, 0) is 63.3 Å². The first kappa shape index (κ1) is 29.9. The Hall–Kier alpha value is -4.12. The number of allylic oxidation sites excluding steroid dienone is 1. The number of hydrogen-bond donors (Lipinski definition) is 1. The summed E-state index contributed by atoms with van der Waals surface area (Å²) in [6.45, 7) is 7.14. The number of hydrogen-bond acceptors (Lipinski definition) is 8. The van der Waals surface area contributed by atoms with Gasteiger partial charge in [0, 0.05) is 24.3 Å². The highest BCUT2D eigenvalue weighted by Crippen LogP contribution is 2.58. The maximum atomic E-state index is 15.0. The van der Waals surface area contributed by atoms with Gasteiger partial charge in [0.05, 0.1) is 34.8 Å². The molecule has 2 aromatic carbocycles. The van der Waals surface area contributed by atoms with Gasteiger partial charge in [0.25, 0.3) is 0 Å². The number of aliphatic hydroxyl groups excluding tert-OH is 1. The smallest absolute Gasteiger partial charge is 0.419 e. The Morgan fingerprint density at radius 3 is 2.36 bits per heavy atom. The van der Waals surface area contributed by atoms with E-state index in [0.717, 1.165) is 18.1 Å². The number of carbonyl (C=O) groups is 3. The number of nitrogens with zero attached hydrogens (tertiary/aromatic N) is 2. The predicted molar refractivity (Wildman–Crippen MR) is 162 cm³/mol. The van der Waals surface area contributed by atoms with Crippen LogP contribution in [0.4, 0.5) is 4.79 Å². The Labute approximate surface area is 256 Å². The van der Waals surface area contributed by atoms with Crippen molar-refractivity contribution in [1.82, 2.24) is 9.47 Å². The topological polar surface area (TPSA) is 132 Å². The lowest BCUT2D eigenvalue weighted by Gasteiger charge is -2.55. The minimum atomic E-state index is -4.43. The molecule has 0 bridgehead atoms. The van der Waals surface area contributed by atoms with E-state index in [1.807, 2.05) is 24.3 Å². The Bertz CT molecular complexity index is 1840. The molecule has 1 amide bonds. The summed E-state index contributed by atoms with van der Waals surface area (Å²) >= 11 is 0. The molecule has 4 atom stereocenters. The molecule has 1 N–H and O–H groups in total. The molecular weight excluding hydrogens is 584 g/mol. The maximum Gasteiger partial charge on any atom is 0.419 e. The highest BCUT2D eigenvalue weighted by molar-refractivity contribution is 7.93. The van der Waals surface area contributed by atoms with Crippen LogP contribution in [0.3, 0.4) is 0 Å². The normalized spacial score (nSPS) is 25.2. The number of piperidine rings is 1. The number of fused-ring (bicyclic) bond motifs is 6. The van der Waals surface area contributed by atoms with E-state index in [9.17, 15) is 23.1 Å². The van der Waals surface area contributed by atoms with Crippen molar-refractivity contribution in [1.29, 1.82) is 0 Å². The van der Waals surface area contributed by atoms with Gasteiger partial charge in [0.15, 0.2) is 14.6 Å². The van der Waals surface area contributed by atoms with E-state index in [2.05, 4.69) is 0 Å². The highest BCUT2D eigenvalue weighted by atomic mass is 32.2. The molecule has 1 fully saturated rings. The zero-order chi connectivity index (χ0) is 31.8. The summed E-state index contributed by atoms with van der Waals surface area (Å²) in [6.07, 6.45) is -0.468. The third-order valence-electron chi connectivity index (χ3n) is 9.26. The van der Waals surface area contributed by atoms with Crippen LogP contribution < -0.4 is 0 Å². The molecule has 3 aliphatic rings. The third-order valence-corrected chi connectivity index (χ3v) is 11.9. The summed E-state index contributed by atoms with van der Waals surface area (Å²) < 4.78 is 39.7. The molecule has 0 unspecified atom stereocenters. The van der Waals surface area contributed by atoms with E-state index in [4.69, 9.17) is 9.47 Å². The van der Waals surface area contributed by atoms with Gasteiger partial charge in [-0.25, -0.2) is 22.6 Å². The number of rotatable bonds is 3. The maximum absolute atomic E-state index is 15.0. The molecule has 10 nitrogen and oxygen atoms in total. The van der Waals surface area contributed by atoms with E-state index in [1.165, 1.54) is 16.7 Å². The monoisotopic (exact) mass is 620 g/mol. The molecule has 0 saturated carbocycles. The number of aromatic nitrogens is 1. The van der Waals surface area contributed by atoms with Crippen LogP contribution in [0.2, 0.25) is 0 Å². The van der Waals surface area contributed by atoms with E-state index in [-0.39, 0.29) is 35.6 Å². The largest absolute Gasteiger partial charge is 0.512 e. The van der Waals surface area contributed by atoms with E-state index in [0.29, 0.717) is 17.6 Å². The summed E-state index contributed by atoms with van der Waals surface area (Å²) in [7, 11) is -3.27. The fourth-order valence-electron chi connectivity index (χ4n) is 7.60. The predicted octanol–water partition coefficient (Wildman–Crippen LogP) is 5.11. The SMILES string of the molecule is COC(=O)C1=C(O)C[C@@H](C)[C@@]2(S(=O)(=O)c3ccccc3)C(=O)N3CCc4c(n(C(=O)OC(C)(C)C)c5ccccc45)[C@H]3C[C@@H]12. The fraction of sp³-hybridized carbons (Fsp3) is 0.424. The van der Waals surface area contributed by atoms with Crippen molar-refractivity contribution < 1.29 is 37.4 Å². The fourth-order valence-corrected chi connectivity index (χ4v) is 10.1. The van der Waals surface area contributed by atoms with Gasteiger partial charge in [-0.2, -0.15) is 0 Å². The van der Waals surface area contributed by atoms with Crippen molar-refractivity contribution >= 4 is 38.7 Å². The van der Waals surface area contributed by atoms with Crippen molar-refractivity contribution in [3.05, 3.63) is 77.2 Å². The minimum absolute atomic E-state index is 0.0389. The first-order valence-electron chi connectivity index (χ1n) is 14.7. The van der Waals surface area contributed by atoms with Crippen LogP contribution in [0.15, 0.2) is 70.8 Å². The van der Waals surface area contributed by atoms with Crippen molar-refractivity contribution in [2.75, 3.05) is 13.7 Å². The molecule has 0 radical (unpaired) electrons. The second kappa shape index (κ2) is 10.2. The van der Waals surface area contributed by atoms with Crippen LogP contribution >= 0.6 is 0 Å². The van der Waals surface area contributed by atoms with Crippen molar-refractivity contribution in [3.63, 3.8) is 0 Å². The van der Waals surface area contributed by atoms with E-state index < -0.39 is 56.0 Å². The van der Waals surface area contributed by atoms with Crippen LogP contribution in [-0.2, 0) is 35.3 Å². The standard InChI is InChI=1S/C33H36N2O8S/c1-19-17-26(36)27(29(37)42-5)23-18-25-28-22(21-13-9-10-14-24(21)35(28)31(39)43-32(2,3)4)15-16-34(25)30(38)33(19,23)44(40,41)20-11-7-6-8-12-20/h6-14,19,23,25,36H,15-18H2,1-5H3/t19-,23+,25-,33+/m1/s1. The van der Waals surface area contributed by atoms with Gasteiger partial charge in [-0.3, -0.25) is 4.79 Å². The van der Waals surface area contributed by atoms with Crippen molar-refractivity contribution in [2.24, 2.45) is 11.8 Å². The van der Waals surface area contributed by atoms with Crippen LogP contribution in [0, 0.1) is 11.8 Å². The van der Waals surface area contributed by atoms with Gasteiger partial charge in [0.1, 0.15) is 11.4 Å². The lowest BCUT2D eigenvalue weighted by Crippen LogP contribution is -2.68. The van der Waals surface area contributed by atoms with Crippen LogP contribution in [0.5, 0.6) is 0 Å². The number of carbonyl (C=O) groups excluding carboxylic acids is 3. The van der Waals surface area contributed by atoms with E-state index >= 15 is 4.79 Å². The van der Waals surface area contributed by atoms with Gasteiger partial charge in [-0.1, -0.05) is 43.3 Å². The highest BCUT2D eigenvalue weighted by Gasteiger charge is 2.69. The summed E-state index contributed by atoms with van der Waals surface area (Å²) in [5.41, 5.74) is 0.961. The van der Waals surface area contributed by atoms with Crippen molar-refractivity contribution in [3.8, 4) is 0 Å². The van der Waals surface area contributed by atoms with Gasteiger partial charge in [0.2, 0.25) is 5.91 Å². The number of amides is 1. The molecule has 0 spiro atoms. The molecule has 11 heteroatoms. The number of methoxy groups -OCH3 is 1. The second-order valence-corrected chi connectivity index (χ2v) is 15.0. The number of aliphatic hydroxyl groups is 1. The Balaban J connectivity index is 1.62. The molecule has 3 heterocycles. The molecular formula is C33H36N2O8S. The lowest BCUT2D eigenvalue weighted by atomic mass is 9.64. The average molecular weight is 621 g/mol. The second-order valence-electron chi connectivity index (χ2n) is 12.8. The summed E-state index contributed by atoms with van der Waals surface area (Å²) in [4.78, 5) is 43.6. The van der Waals surface area contributed by atoms with Crippen LogP contribution in [0.1, 0.15) is 57.8 Å². The molecule has 44 heavy (non-hydrogen) atoms.